The largest absolute Gasteiger partial charge is 0.339 e. The number of hydrogen-bond donors (Lipinski definition) is 2. The maximum absolute atomic E-state index is 5.94. The van der Waals surface area contributed by atoms with Crippen molar-refractivity contribution >= 4 is 27.4 Å². The maximum atomic E-state index is 5.94. The topological polar surface area (TPSA) is 70.8 Å². The number of hydrogen-bond acceptors (Lipinski definition) is 5. The van der Waals surface area contributed by atoms with Crippen LogP contribution in [0.1, 0.15) is 12.8 Å². The van der Waals surface area contributed by atoms with Gasteiger partial charge in [-0.05, 0) is 30.4 Å². The molecule has 6 heteroatoms. The maximum Gasteiger partial charge on any atom is 0.245 e. The molecule has 0 amide bonds. The van der Waals surface area contributed by atoms with Crippen molar-refractivity contribution in [2.24, 2.45) is 5.73 Å². The van der Waals surface area contributed by atoms with Gasteiger partial charge in [-0.1, -0.05) is 18.2 Å². The highest BCUT2D eigenvalue weighted by Gasteiger charge is 2.20. The minimum absolute atomic E-state index is 0.322. The van der Waals surface area contributed by atoms with Crippen LogP contribution in [0.4, 0.5) is 5.95 Å². The first kappa shape index (κ1) is 12.8. The summed E-state index contributed by atoms with van der Waals surface area (Å²) < 4.78 is 1.27. The molecule has 1 aliphatic heterocycles. The van der Waals surface area contributed by atoms with E-state index >= 15 is 0 Å². The number of piperidine rings is 1. The monoisotopic (exact) mass is 299 g/mol. The van der Waals surface area contributed by atoms with Gasteiger partial charge in [0.15, 0.2) is 5.82 Å². The van der Waals surface area contributed by atoms with E-state index in [2.05, 4.69) is 50.4 Å². The molecule has 1 saturated heterocycles. The standard InChI is InChI=1S/C15H17N5S/c16-11-5-7-20(8-6-11)15-17-14(18-19-15)13-9-10-3-1-2-4-12(10)21-13/h1-4,9,11H,5-8,16H2,(H,17,18,19). The van der Waals surface area contributed by atoms with E-state index < -0.39 is 0 Å². The lowest BCUT2D eigenvalue weighted by molar-refractivity contribution is 0.496. The molecule has 0 aliphatic carbocycles. The van der Waals surface area contributed by atoms with Crippen LogP contribution in [0.5, 0.6) is 0 Å². The Bertz CT molecular complexity index is 721. The van der Waals surface area contributed by atoms with Crippen molar-refractivity contribution in [2.75, 3.05) is 18.0 Å². The molecule has 0 radical (unpaired) electrons. The number of fused-ring (bicyclic) bond motifs is 1. The van der Waals surface area contributed by atoms with E-state index in [0.29, 0.717) is 6.04 Å². The second kappa shape index (κ2) is 5.13. The quantitative estimate of drug-likeness (QED) is 0.763. The first-order valence-electron chi connectivity index (χ1n) is 7.21. The third kappa shape index (κ3) is 2.41. The highest BCUT2D eigenvalue weighted by atomic mass is 32.1. The smallest absolute Gasteiger partial charge is 0.245 e. The lowest BCUT2D eigenvalue weighted by Gasteiger charge is -2.28. The van der Waals surface area contributed by atoms with Crippen molar-refractivity contribution < 1.29 is 0 Å². The Morgan fingerprint density at radius 2 is 2.05 bits per heavy atom. The molecule has 0 atom stereocenters. The number of anilines is 1. The number of rotatable bonds is 2. The van der Waals surface area contributed by atoms with Crippen LogP contribution in [0.2, 0.25) is 0 Å². The van der Waals surface area contributed by atoms with Crippen LogP contribution in [0, 0.1) is 0 Å². The van der Waals surface area contributed by atoms with Crippen LogP contribution in [0.15, 0.2) is 30.3 Å². The van der Waals surface area contributed by atoms with Gasteiger partial charge in [-0.15, -0.1) is 16.4 Å². The Hall–Kier alpha value is -1.92. The number of thiophene rings is 1. The summed E-state index contributed by atoms with van der Waals surface area (Å²) in [5.74, 6) is 1.63. The second-order valence-electron chi connectivity index (χ2n) is 5.46. The summed E-state index contributed by atoms with van der Waals surface area (Å²) in [7, 11) is 0. The minimum atomic E-state index is 0.322. The Balaban J connectivity index is 1.61. The summed E-state index contributed by atoms with van der Waals surface area (Å²) >= 11 is 1.74. The molecule has 1 aromatic carbocycles. The van der Waals surface area contributed by atoms with Gasteiger partial charge in [0, 0.05) is 23.8 Å². The molecule has 1 aliphatic rings. The van der Waals surface area contributed by atoms with E-state index in [9.17, 15) is 0 Å². The Morgan fingerprint density at radius 1 is 1.24 bits per heavy atom. The summed E-state index contributed by atoms with van der Waals surface area (Å²) in [6.07, 6.45) is 2.01. The van der Waals surface area contributed by atoms with Gasteiger partial charge in [0.25, 0.3) is 0 Å². The second-order valence-corrected chi connectivity index (χ2v) is 6.54. The molecule has 2 aromatic heterocycles. The lowest BCUT2D eigenvalue weighted by Crippen LogP contribution is -2.40. The zero-order chi connectivity index (χ0) is 14.2. The van der Waals surface area contributed by atoms with Crippen LogP contribution in [0.25, 0.3) is 20.8 Å². The fourth-order valence-electron chi connectivity index (χ4n) is 2.70. The van der Waals surface area contributed by atoms with Crippen molar-refractivity contribution in [3.63, 3.8) is 0 Å². The highest BCUT2D eigenvalue weighted by Crippen LogP contribution is 2.32. The van der Waals surface area contributed by atoms with Gasteiger partial charge in [0.05, 0.1) is 4.88 Å². The fourth-order valence-corrected chi connectivity index (χ4v) is 3.70. The number of H-pyrrole nitrogens is 1. The van der Waals surface area contributed by atoms with Gasteiger partial charge >= 0.3 is 0 Å². The summed E-state index contributed by atoms with van der Waals surface area (Å²) in [5.41, 5.74) is 5.94. The van der Waals surface area contributed by atoms with Gasteiger partial charge in [-0.25, -0.2) is 0 Å². The van der Waals surface area contributed by atoms with E-state index in [-0.39, 0.29) is 0 Å². The molecule has 0 bridgehead atoms. The molecule has 21 heavy (non-hydrogen) atoms. The van der Waals surface area contributed by atoms with Crippen LogP contribution < -0.4 is 10.6 Å². The molecule has 3 aromatic rings. The van der Waals surface area contributed by atoms with Crippen molar-refractivity contribution in [2.45, 2.75) is 18.9 Å². The number of aromatic nitrogens is 3. The van der Waals surface area contributed by atoms with Gasteiger partial charge in [0.1, 0.15) is 0 Å². The Morgan fingerprint density at radius 3 is 2.86 bits per heavy atom. The van der Waals surface area contributed by atoms with Crippen molar-refractivity contribution in [3.05, 3.63) is 30.3 Å². The predicted molar refractivity (Wildman–Crippen MR) is 86.6 cm³/mol. The average molecular weight is 299 g/mol. The minimum Gasteiger partial charge on any atom is -0.339 e. The van der Waals surface area contributed by atoms with Crippen LogP contribution >= 0.6 is 11.3 Å². The third-order valence-electron chi connectivity index (χ3n) is 3.95. The normalized spacial score (nSPS) is 16.7. The first-order chi connectivity index (χ1) is 10.3. The molecule has 3 N–H and O–H groups in total. The van der Waals surface area contributed by atoms with Crippen LogP contribution in [-0.2, 0) is 0 Å². The van der Waals surface area contributed by atoms with E-state index in [0.717, 1.165) is 42.6 Å². The van der Waals surface area contributed by atoms with Crippen molar-refractivity contribution in [3.8, 4) is 10.7 Å². The van der Waals surface area contributed by atoms with Gasteiger partial charge in [0.2, 0.25) is 5.95 Å². The summed E-state index contributed by atoms with van der Waals surface area (Å²) in [6, 6.07) is 10.9. The zero-order valence-corrected chi connectivity index (χ0v) is 12.4. The van der Waals surface area contributed by atoms with Gasteiger partial charge < -0.3 is 10.6 Å². The molecule has 0 unspecified atom stereocenters. The molecule has 3 heterocycles. The molecule has 4 rings (SSSR count). The van der Waals surface area contributed by atoms with Crippen molar-refractivity contribution in [1.82, 2.24) is 15.2 Å². The lowest BCUT2D eigenvalue weighted by atomic mass is 10.1. The molecule has 0 saturated carbocycles. The van der Waals surface area contributed by atoms with Gasteiger partial charge in [-0.3, -0.25) is 5.10 Å². The predicted octanol–water partition coefficient (Wildman–Crippen LogP) is 2.61. The van der Waals surface area contributed by atoms with Crippen molar-refractivity contribution in [1.29, 1.82) is 0 Å². The molecular weight excluding hydrogens is 282 g/mol. The van der Waals surface area contributed by atoms with Gasteiger partial charge in [-0.2, -0.15) is 4.98 Å². The van der Waals surface area contributed by atoms with E-state index in [1.165, 1.54) is 10.1 Å². The third-order valence-corrected chi connectivity index (χ3v) is 5.08. The molecule has 0 spiro atoms. The molecule has 5 nitrogen and oxygen atoms in total. The zero-order valence-electron chi connectivity index (χ0n) is 11.6. The van der Waals surface area contributed by atoms with E-state index in [1.807, 2.05) is 0 Å². The molecular formula is C15H17N5S. The Kier molecular flexibility index (Phi) is 3.12. The fraction of sp³-hybridized carbons (Fsp3) is 0.333. The first-order valence-corrected chi connectivity index (χ1v) is 8.03. The SMILES string of the molecule is NC1CCN(c2n[nH]c(-c3cc4ccccc4s3)n2)CC1. The number of nitrogens with one attached hydrogen (secondary N) is 1. The summed E-state index contributed by atoms with van der Waals surface area (Å²) in [4.78, 5) is 7.99. The Labute approximate surface area is 126 Å². The summed E-state index contributed by atoms with van der Waals surface area (Å²) in [5, 5.41) is 8.68. The van der Waals surface area contributed by atoms with E-state index in [4.69, 9.17) is 5.73 Å². The number of nitrogens with two attached hydrogens (primary N) is 1. The molecule has 1 fully saturated rings. The summed E-state index contributed by atoms with van der Waals surface area (Å²) in [6.45, 7) is 1.87. The number of aromatic amines is 1. The van der Waals surface area contributed by atoms with E-state index in [1.54, 1.807) is 11.3 Å². The highest BCUT2D eigenvalue weighted by molar-refractivity contribution is 7.22. The number of nitrogens with zero attached hydrogens (tertiary/aromatic N) is 3. The average Bonchev–Trinajstić information content (AvgIpc) is 3.14. The molecule has 108 valence electrons. The number of benzene rings is 1. The van der Waals surface area contributed by atoms with Crippen LogP contribution in [-0.4, -0.2) is 34.3 Å². The van der Waals surface area contributed by atoms with Crippen LogP contribution in [0.3, 0.4) is 0 Å².